The highest BCUT2D eigenvalue weighted by atomic mass is 35.5. The maximum absolute atomic E-state index is 12.4. The van der Waals surface area contributed by atoms with Gasteiger partial charge in [-0.2, -0.15) is 10.2 Å². The van der Waals surface area contributed by atoms with Gasteiger partial charge >= 0.3 is 0 Å². The van der Waals surface area contributed by atoms with Crippen LogP contribution in [0.5, 0.6) is 0 Å². The van der Waals surface area contributed by atoms with E-state index in [1.54, 1.807) is 29.1 Å². The maximum atomic E-state index is 12.4. The van der Waals surface area contributed by atoms with Crippen LogP contribution >= 0.6 is 23.2 Å². The first-order valence-corrected chi connectivity index (χ1v) is 9.47. The number of nitrogens with zero attached hydrogens (tertiary/aromatic N) is 4. The van der Waals surface area contributed by atoms with Crippen molar-refractivity contribution in [2.75, 3.05) is 5.32 Å². The Labute approximate surface area is 173 Å². The van der Waals surface area contributed by atoms with Gasteiger partial charge in [-0.25, -0.2) is 0 Å². The average molecular weight is 418 g/mol. The Morgan fingerprint density at radius 2 is 1.96 bits per heavy atom. The molecule has 146 valence electrons. The number of hydrogen-bond donors (Lipinski definition) is 1. The molecule has 0 spiro atoms. The van der Waals surface area contributed by atoms with Crippen LogP contribution < -0.4 is 5.32 Å². The summed E-state index contributed by atoms with van der Waals surface area (Å²) in [5.41, 5.74) is 5.08. The van der Waals surface area contributed by atoms with Gasteiger partial charge in [-0.15, -0.1) is 0 Å². The molecule has 28 heavy (non-hydrogen) atoms. The molecule has 0 atom stereocenters. The number of aryl methyl sites for hydroxylation is 2. The van der Waals surface area contributed by atoms with E-state index in [1.165, 1.54) is 6.08 Å². The number of amides is 1. The standard InChI is InChI=1S/C20H21Cl2N5O/c1-12-20(24-19(28)8-6-15-10-23-26(4)13(15)2)14(3)27(25-12)11-16-5-7-17(21)9-18(16)22/h5-10H,11H2,1-4H3,(H,24,28). The molecular weight excluding hydrogens is 397 g/mol. The molecule has 0 saturated carbocycles. The third kappa shape index (κ3) is 4.29. The van der Waals surface area contributed by atoms with Crippen LogP contribution in [0.15, 0.2) is 30.5 Å². The Morgan fingerprint density at radius 1 is 1.21 bits per heavy atom. The van der Waals surface area contributed by atoms with E-state index in [2.05, 4.69) is 15.5 Å². The van der Waals surface area contributed by atoms with Gasteiger partial charge in [-0.3, -0.25) is 14.2 Å². The molecular formula is C20H21Cl2N5O. The maximum Gasteiger partial charge on any atom is 0.248 e. The minimum absolute atomic E-state index is 0.224. The zero-order valence-electron chi connectivity index (χ0n) is 16.1. The van der Waals surface area contributed by atoms with Crippen molar-refractivity contribution >= 4 is 40.9 Å². The number of carbonyl (C=O) groups is 1. The van der Waals surface area contributed by atoms with E-state index in [9.17, 15) is 4.79 Å². The van der Waals surface area contributed by atoms with E-state index >= 15 is 0 Å². The Bertz CT molecular complexity index is 1060. The highest BCUT2D eigenvalue weighted by Crippen LogP contribution is 2.25. The van der Waals surface area contributed by atoms with Gasteiger partial charge in [0.2, 0.25) is 5.91 Å². The molecule has 0 aliphatic rings. The third-order valence-corrected chi connectivity index (χ3v) is 5.24. The predicted octanol–water partition coefficient (Wildman–Crippen LogP) is 4.55. The van der Waals surface area contributed by atoms with Gasteiger partial charge in [0.25, 0.3) is 0 Å². The fourth-order valence-electron chi connectivity index (χ4n) is 2.85. The monoisotopic (exact) mass is 417 g/mol. The van der Waals surface area contributed by atoms with E-state index in [-0.39, 0.29) is 5.91 Å². The van der Waals surface area contributed by atoms with Crippen LogP contribution in [0.3, 0.4) is 0 Å². The highest BCUT2D eigenvalue weighted by molar-refractivity contribution is 6.35. The van der Waals surface area contributed by atoms with E-state index in [4.69, 9.17) is 23.2 Å². The largest absolute Gasteiger partial charge is 0.319 e. The number of halogens is 2. The Hall–Kier alpha value is -2.57. The van der Waals surface area contributed by atoms with Crippen LogP contribution in [0.2, 0.25) is 10.0 Å². The van der Waals surface area contributed by atoms with Gasteiger partial charge in [0.05, 0.1) is 29.8 Å². The topological polar surface area (TPSA) is 64.7 Å². The van der Waals surface area contributed by atoms with Crippen molar-refractivity contribution in [3.8, 4) is 0 Å². The number of aromatic nitrogens is 4. The summed E-state index contributed by atoms with van der Waals surface area (Å²) in [6.07, 6.45) is 4.97. The second-order valence-electron chi connectivity index (χ2n) is 6.57. The molecule has 2 heterocycles. The summed E-state index contributed by atoms with van der Waals surface area (Å²) in [5, 5.41) is 12.8. The van der Waals surface area contributed by atoms with Gasteiger partial charge in [-0.1, -0.05) is 29.3 Å². The van der Waals surface area contributed by atoms with Crippen LogP contribution in [0.1, 0.15) is 28.2 Å². The lowest BCUT2D eigenvalue weighted by Gasteiger charge is -2.08. The number of benzene rings is 1. The number of rotatable bonds is 5. The van der Waals surface area contributed by atoms with Crippen LogP contribution in [0, 0.1) is 20.8 Å². The molecule has 0 saturated heterocycles. The van der Waals surface area contributed by atoms with Crippen LogP contribution in [0.25, 0.3) is 6.08 Å². The van der Waals surface area contributed by atoms with Gasteiger partial charge in [0.15, 0.2) is 0 Å². The first kappa shape index (κ1) is 20.2. The summed E-state index contributed by atoms with van der Waals surface area (Å²) in [5.74, 6) is -0.224. The zero-order chi connectivity index (χ0) is 20.4. The van der Waals surface area contributed by atoms with Crippen molar-refractivity contribution in [1.82, 2.24) is 19.6 Å². The van der Waals surface area contributed by atoms with E-state index in [0.717, 1.165) is 28.2 Å². The Balaban J connectivity index is 1.76. The Morgan fingerprint density at radius 3 is 2.61 bits per heavy atom. The average Bonchev–Trinajstić information content (AvgIpc) is 3.09. The first-order valence-electron chi connectivity index (χ1n) is 8.72. The minimum Gasteiger partial charge on any atom is -0.319 e. The van der Waals surface area contributed by atoms with Gasteiger partial charge in [-0.05, 0) is 44.5 Å². The smallest absolute Gasteiger partial charge is 0.248 e. The number of nitrogens with one attached hydrogen (secondary N) is 1. The van der Waals surface area contributed by atoms with Crippen LogP contribution in [-0.4, -0.2) is 25.5 Å². The van der Waals surface area contributed by atoms with Crippen molar-refractivity contribution in [3.63, 3.8) is 0 Å². The van der Waals surface area contributed by atoms with Crippen molar-refractivity contribution in [1.29, 1.82) is 0 Å². The van der Waals surface area contributed by atoms with Gasteiger partial charge in [0.1, 0.15) is 0 Å². The lowest BCUT2D eigenvalue weighted by molar-refractivity contribution is -0.111. The normalized spacial score (nSPS) is 11.4. The SMILES string of the molecule is Cc1nn(Cc2ccc(Cl)cc2Cl)c(C)c1NC(=O)C=Cc1cnn(C)c1C. The fourth-order valence-corrected chi connectivity index (χ4v) is 3.32. The zero-order valence-corrected chi connectivity index (χ0v) is 17.6. The lowest BCUT2D eigenvalue weighted by Crippen LogP contribution is -2.10. The quantitative estimate of drug-likeness (QED) is 0.619. The molecule has 0 radical (unpaired) electrons. The minimum atomic E-state index is -0.224. The summed E-state index contributed by atoms with van der Waals surface area (Å²) in [4.78, 5) is 12.4. The van der Waals surface area contributed by atoms with Crippen molar-refractivity contribution in [2.24, 2.45) is 7.05 Å². The number of carbonyl (C=O) groups excluding carboxylic acids is 1. The Kier molecular flexibility index (Phi) is 5.91. The molecule has 3 rings (SSSR count). The van der Waals surface area contributed by atoms with E-state index in [0.29, 0.717) is 22.3 Å². The summed E-state index contributed by atoms with van der Waals surface area (Å²) in [6, 6.07) is 5.37. The van der Waals surface area contributed by atoms with Crippen molar-refractivity contribution in [3.05, 3.63) is 68.7 Å². The van der Waals surface area contributed by atoms with Crippen LogP contribution in [0.4, 0.5) is 5.69 Å². The van der Waals surface area contributed by atoms with Crippen molar-refractivity contribution < 1.29 is 4.79 Å². The molecule has 1 aromatic carbocycles. The molecule has 0 fully saturated rings. The van der Waals surface area contributed by atoms with E-state index < -0.39 is 0 Å². The first-order chi connectivity index (χ1) is 13.3. The summed E-state index contributed by atoms with van der Waals surface area (Å²) in [7, 11) is 1.86. The van der Waals surface area contributed by atoms with Crippen LogP contribution in [-0.2, 0) is 18.4 Å². The summed E-state index contributed by atoms with van der Waals surface area (Å²) < 4.78 is 3.58. The van der Waals surface area contributed by atoms with Gasteiger partial charge < -0.3 is 5.32 Å². The molecule has 1 N–H and O–H groups in total. The second-order valence-corrected chi connectivity index (χ2v) is 7.41. The molecule has 0 aliphatic carbocycles. The summed E-state index contributed by atoms with van der Waals surface area (Å²) in [6.45, 7) is 6.21. The summed E-state index contributed by atoms with van der Waals surface area (Å²) >= 11 is 12.2. The van der Waals surface area contributed by atoms with Crippen molar-refractivity contribution in [2.45, 2.75) is 27.3 Å². The highest BCUT2D eigenvalue weighted by Gasteiger charge is 2.14. The lowest BCUT2D eigenvalue weighted by atomic mass is 10.2. The molecule has 1 amide bonds. The number of hydrogen-bond acceptors (Lipinski definition) is 3. The molecule has 6 nitrogen and oxygen atoms in total. The molecule has 2 aromatic heterocycles. The molecule has 0 bridgehead atoms. The van der Waals surface area contributed by atoms with Gasteiger partial charge in [0, 0.05) is 34.4 Å². The molecule has 0 aliphatic heterocycles. The molecule has 3 aromatic rings. The molecule has 0 unspecified atom stereocenters. The molecule has 8 heteroatoms. The van der Waals surface area contributed by atoms with E-state index in [1.807, 2.05) is 38.6 Å². The third-order valence-electron chi connectivity index (χ3n) is 4.65. The predicted molar refractivity (Wildman–Crippen MR) is 113 cm³/mol. The number of anilines is 1. The second kappa shape index (κ2) is 8.20. The fraction of sp³-hybridized carbons (Fsp3) is 0.250.